The second kappa shape index (κ2) is 9.17. The number of sulfonamides is 1. The van der Waals surface area contributed by atoms with Crippen LogP contribution in [0.3, 0.4) is 0 Å². The lowest BCUT2D eigenvalue weighted by Gasteiger charge is -2.27. The Hall–Kier alpha value is -2.06. The fourth-order valence-corrected chi connectivity index (χ4v) is 5.03. The van der Waals surface area contributed by atoms with Gasteiger partial charge in [0.2, 0.25) is 0 Å². The van der Waals surface area contributed by atoms with E-state index in [0.717, 1.165) is 0 Å². The number of hydrogen-bond donors (Lipinski definition) is 0. The molecule has 0 atom stereocenters. The molecule has 0 radical (unpaired) electrons. The smallest absolute Gasteiger partial charge is 0.266 e. The maximum atomic E-state index is 13.4. The average Bonchev–Trinajstić information content (AvgIpc) is 2.73. The van der Waals surface area contributed by atoms with E-state index in [0.29, 0.717) is 37.0 Å². The minimum atomic E-state index is -4.05. The van der Waals surface area contributed by atoms with Gasteiger partial charge in [0.25, 0.3) is 15.9 Å². The lowest BCUT2D eigenvalue weighted by Crippen LogP contribution is -2.40. The van der Waals surface area contributed by atoms with Crippen molar-refractivity contribution in [2.45, 2.75) is 4.90 Å². The van der Waals surface area contributed by atoms with Crippen LogP contribution in [0.25, 0.3) is 0 Å². The highest BCUT2D eigenvalue weighted by molar-refractivity contribution is 7.93. The van der Waals surface area contributed by atoms with Crippen LogP contribution < -0.4 is 4.31 Å². The van der Waals surface area contributed by atoms with Gasteiger partial charge >= 0.3 is 0 Å². The van der Waals surface area contributed by atoms with Gasteiger partial charge < -0.3 is 9.64 Å². The van der Waals surface area contributed by atoms with Gasteiger partial charge in [-0.3, -0.25) is 9.10 Å². The molecule has 1 amide bonds. The molecule has 1 aliphatic heterocycles. The van der Waals surface area contributed by atoms with Gasteiger partial charge in [0.1, 0.15) is 4.90 Å². The molecule has 29 heavy (non-hydrogen) atoms. The summed E-state index contributed by atoms with van der Waals surface area (Å²) in [6.07, 6.45) is 1.47. The summed E-state index contributed by atoms with van der Waals surface area (Å²) in [6.45, 7) is 5.49. The van der Waals surface area contributed by atoms with Crippen molar-refractivity contribution < 1.29 is 17.9 Å². The van der Waals surface area contributed by atoms with Crippen LogP contribution in [0.5, 0.6) is 0 Å². The maximum Gasteiger partial charge on any atom is 0.266 e. The Morgan fingerprint density at radius 2 is 1.79 bits per heavy atom. The van der Waals surface area contributed by atoms with E-state index < -0.39 is 10.0 Å². The summed E-state index contributed by atoms with van der Waals surface area (Å²) in [6, 6.07) is 10.7. The number of morpholine rings is 1. The molecule has 0 aliphatic carbocycles. The monoisotopic (exact) mass is 454 g/mol. The molecule has 1 fully saturated rings. The Morgan fingerprint density at radius 3 is 2.41 bits per heavy atom. The molecule has 0 spiro atoms. The van der Waals surface area contributed by atoms with E-state index in [1.54, 1.807) is 29.2 Å². The number of benzene rings is 2. The zero-order valence-corrected chi connectivity index (χ0v) is 17.9. The molecule has 1 saturated heterocycles. The predicted molar refractivity (Wildman–Crippen MR) is 114 cm³/mol. The standard InChI is InChI=1S/C20H20Cl2N2O4S/c1-2-9-24(17-6-4-16(21)5-7-17)29(26,27)19-14-15(3-8-18(19)22)20(25)23-10-12-28-13-11-23/h2-8,14H,1,9-13H2. The molecular weight excluding hydrogens is 435 g/mol. The van der Waals surface area contributed by atoms with E-state index in [9.17, 15) is 13.2 Å². The first kappa shape index (κ1) is 21.6. The van der Waals surface area contributed by atoms with E-state index in [1.165, 1.54) is 28.6 Å². The van der Waals surface area contributed by atoms with Crippen LogP contribution in [-0.2, 0) is 14.8 Å². The summed E-state index contributed by atoms with van der Waals surface area (Å²) in [5.74, 6) is -0.261. The summed E-state index contributed by atoms with van der Waals surface area (Å²) in [7, 11) is -4.05. The van der Waals surface area contributed by atoms with E-state index in [1.807, 2.05) is 0 Å². The summed E-state index contributed by atoms with van der Waals surface area (Å²) in [5, 5.41) is 0.521. The first-order valence-corrected chi connectivity index (χ1v) is 11.1. The Balaban J connectivity index is 2.01. The van der Waals surface area contributed by atoms with Crippen LogP contribution in [0.4, 0.5) is 5.69 Å². The number of nitrogens with zero attached hydrogens (tertiary/aromatic N) is 2. The van der Waals surface area contributed by atoms with Crippen molar-refractivity contribution in [2.75, 3.05) is 37.2 Å². The van der Waals surface area contributed by atoms with Crippen molar-refractivity contribution in [2.24, 2.45) is 0 Å². The molecule has 0 N–H and O–H groups in total. The minimum absolute atomic E-state index is 0.0297. The van der Waals surface area contributed by atoms with Crippen LogP contribution in [0, 0.1) is 0 Å². The largest absolute Gasteiger partial charge is 0.378 e. The minimum Gasteiger partial charge on any atom is -0.378 e. The predicted octanol–water partition coefficient (Wildman–Crippen LogP) is 3.85. The zero-order valence-electron chi connectivity index (χ0n) is 15.6. The van der Waals surface area contributed by atoms with Crippen molar-refractivity contribution in [1.29, 1.82) is 0 Å². The Kier molecular flexibility index (Phi) is 6.85. The normalized spacial score (nSPS) is 14.5. The molecule has 9 heteroatoms. The highest BCUT2D eigenvalue weighted by atomic mass is 35.5. The summed E-state index contributed by atoms with van der Waals surface area (Å²) < 4.78 is 33.2. The van der Waals surface area contributed by atoms with Gasteiger partial charge in [0.15, 0.2) is 0 Å². The Labute approximate surface area is 180 Å². The summed E-state index contributed by atoms with van der Waals surface area (Å²) in [5.41, 5.74) is 0.666. The van der Waals surface area contributed by atoms with Crippen molar-refractivity contribution in [3.05, 3.63) is 70.7 Å². The number of ether oxygens (including phenoxy) is 1. The first-order chi connectivity index (χ1) is 13.8. The van der Waals surface area contributed by atoms with Gasteiger partial charge in [-0.2, -0.15) is 0 Å². The van der Waals surface area contributed by atoms with E-state index in [2.05, 4.69) is 6.58 Å². The molecule has 1 aliphatic rings. The van der Waals surface area contributed by atoms with Crippen LogP contribution in [0.1, 0.15) is 10.4 Å². The van der Waals surface area contributed by atoms with Crippen LogP contribution in [0.2, 0.25) is 10.0 Å². The summed E-state index contributed by atoms with van der Waals surface area (Å²) >= 11 is 12.1. The molecule has 0 aromatic heterocycles. The summed E-state index contributed by atoms with van der Waals surface area (Å²) in [4.78, 5) is 14.3. The number of amides is 1. The maximum absolute atomic E-state index is 13.4. The number of carbonyl (C=O) groups is 1. The molecule has 0 bridgehead atoms. The highest BCUT2D eigenvalue weighted by Gasteiger charge is 2.28. The second-order valence-electron chi connectivity index (χ2n) is 6.35. The average molecular weight is 455 g/mol. The van der Waals surface area contributed by atoms with E-state index >= 15 is 0 Å². The van der Waals surface area contributed by atoms with Crippen LogP contribution in [-0.4, -0.2) is 52.1 Å². The first-order valence-electron chi connectivity index (χ1n) is 8.90. The molecule has 0 saturated carbocycles. The third-order valence-electron chi connectivity index (χ3n) is 4.45. The SMILES string of the molecule is C=CCN(c1ccc(Cl)cc1)S(=O)(=O)c1cc(C(=O)N2CCOCC2)ccc1Cl. The number of rotatable bonds is 6. The molecular formula is C20H20Cl2N2O4S. The Morgan fingerprint density at radius 1 is 1.14 bits per heavy atom. The Bertz CT molecular complexity index is 1000. The molecule has 3 rings (SSSR count). The third-order valence-corrected chi connectivity index (χ3v) is 6.98. The number of hydrogen-bond acceptors (Lipinski definition) is 4. The fraction of sp³-hybridized carbons (Fsp3) is 0.250. The van der Waals surface area contributed by atoms with Gasteiger partial charge in [-0.25, -0.2) is 8.42 Å². The number of carbonyl (C=O) groups excluding carboxylic acids is 1. The van der Waals surface area contributed by atoms with Crippen LogP contribution >= 0.6 is 23.2 Å². The van der Waals surface area contributed by atoms with Crippen molar-refractivity contribution in [3.63, 3.8) is 0 Å². The van der Waals surface area contributed by atoms with Crippen molar-refractivity contribution in [3.8, 4) is 0 Å². The van der Waals surface area contributed by atoms with Gasteiger partial charge in [-0.15, -0.1) is 6.58 Å². The quantitative estimate of drug-likeness (QED) is 0.621. The second-order valence-corrected chi connectivity index (χ2v) is 9.03. The van der Waals surface area contributed by atoms with E-state index in [4.69, 9.17) is 27.9 Å². The van der Waals surface area contributed by atoms with Crippen molar-refractivity contribution >= 4 is 44.8 Å². The zero-order chi connectivity index (χ0) is 21.0. The lowest BCUT2D eigenvalue weighted by molar-refractivity contribution is 0.0302. The molecule has 6 nitrogen and oxygen atoms in total. The molecule has 2 aromatic carbocycles. The van der Waals surface area contributed by atoms with Gasteiger partial charge in [-0.1, -0.05) is 29.3 Å². The molecule has 0 unspecified atom stereocenters. The molecule has 2 aromatic rings. The molecule has 1 heterocycles. The topological polar surface area (TPSA) is 66.9 Å². The fourth-order valence-electron chi connectivity index (χ4n) is 2.97. The third kappa shape index (κ3) is 4.75. The van der Waals surface area contributed by atoms with Crippen molar-refractivity contribution in [1.82, 2.24) is 4.90 Å². The lowest BCUT2D eigenvalue weighted by atomic mass is 10.2. The number of anilines is 1. The van der Waals surface area contributed by atoms with E-state index in [-0.39, 0.29) is 27.9 Å². The highest BCUT2D eigenvalue weighted by Crippen LogP contribution is 2.30. The van der Waals surface area contributed by atoms with Gasteiger partial charge in [0, 0.05) is 23.7 Å². The van der Waals surface area contributed by atoms with Gasteiger partial charge in [0.05, 0.1) is 30.5 Å². The molecule has 154 valence electrons. The number of halogens is 2. The van der Waals surface area contributed by atoms with Crippen LogP contribution in [0.15, 0.2) is 60.0 Å². The van der Waals surface area contributed by atoms with Gasteiger partial charge in [-0.05, 0) is 42.5 Å².